The summed E-state index contributed by atoms with van der Waals surface area (Å²) in [5, 5.41) is 6.75. The van der Waals surface area contributed by atoms with Gasteiger partial charge >= 0.3 is 0 Å². The fourth-order valence-electron chi connectivity index (χ4n) is 2.52. The van der Waals surface area contributed by atoms with Crippen LogP contribution in [-0.4, -0.2) is 30.1 Å². The lowest BCUT2D eigenvalue weighted by Crippen LogP contribution is -2.13. The Morgan fingerprint density at radius 1 is 1.22 bits per heavy atom. The highest BCUT2D eigenvalue weighted by Gasteiger charge is 2.11. The summed E-state index contributed by atoms with van der Waals surface area (Å²) < 4.78 is 10.9. The summed E-state index contributed by atoms with van der Waals surface area (Å²) in [4.78, 5) is 18.7. The molecule has 2 heterocycles. The summed E-state index contributed by atoms with van der Waals surface area (Å²) in [5.41, 5.74) is 2.85. The Morgan fingerprint density at radius 3 is 2.67 bits per heavy atom. The van der Waals surface area contributed by atoms with Crippen LogP contribution in [0, 0.1) is 13.8 Å². The standard InChI is InChI=1S/C20H22N4O3/c1-13-18(14(2)27-23-13)12-26-17-7-5-6-15(10-17)20(25)22-16-8-9-19(21-11-16)24(3)4/h5-11H,12H2,1-4H3,(H,22,25). The number of nitrogens with one attached hydrogen (secondary N) is 1. The molecule has 0 spiro atoms. The molecule has 27 heavy (non-hydrogen) atoms. The van der Waals surface area contributed by atoms with Crippen LogP contribution in [0.15, 0.2) is 47.1 Å². The van der Waals surface area contributed by atoms with Gasteiger partial charge in [0.15, 0.2) is 0 Å². The molecule has 1 N–H and O–H groups in total. The van der Waals surface area contributed by atoms with Crippen LogP contribution in [0.3, 0.4) is 0 Å². The summed E-state index contributed by atoms with van der Waals surface area (Å²) in [6.45, 7) is 4.05. The Balaban J connectivity index is 1.66. The molecule has 0 saturated heterocycles. The van der Waals surface area contributed by atoms with Gasteiger partial charge in [0.05, 0.1) is 23.1 Å². The van der Waals surface area contributed by atoms with Gasteiger partial charge in [-0.1, -0.05) is 11.2 Å². The topological polar surface area (TPSA) is 80.5 Å². The van der Waals surface area contributed by atoms with E-state index < -0.39 is 0 Å². The monoisotopic (exact) mass is 366 g/mol. The quantitative estimate of drug-likeness (QED) is 0.718. The molecule has 0 atom stereocenters. The molecule has 7 heteroatoms. The van der Waals surface area contributed by atoms with Gasteiger partial charge < -0.3 is 19.5 Å². The molecule has 0 bridgehead atoms. The number of hydrogen-bond donors (Lipinski definition) is 1. The molecule has 0 aliphatic heterocycles. The van der Waals surface area contributed by atoms with Crippen molar-refractivity contribution in [2.24, 2.45) is 0 Å². The largest absolute Gasteiger partial charge is 0.489 e. The third-order valence-corrected chi connectivity index (χ3v) is 4.12. The van der Waals surface area contributed by atoms with E-state index in [2.05, 4.69) is 15.5 Å². The van der Waals surface area contributed by atoms with Crippen LogP contribution in [-0.2, 0) is 6.61 Å². The molecule has 0 radical (unpaired) electrons. The van der Waals surface area contributed by atoms with E-state index >= 15 is 0 Å². The lowest BCUT2D eigenvalue weighted by atomic mass is 10.2. The van der Waals surface area contributed by atoms with Gasteiger partial charge in [0.1, 0.15) is 23.9 Å². The van der Waals surface area contributed by atoms with Crippen molar-refractivity contribution in [2.45, 2.75) is 20.5 Å². The Bertz CT molecular complexity index is 913. The van der Waals surface area contributed by atoms with Crippen molar-refractivity contribution in [2.75, 3.05) is 24.3 Å². The van der Waals surface area contributed by atoms with Crippen molar-refractivity contribution >= 4 is 17.4 Å². The normalized spacial score (nSPS) is 10.5. The van der Waals surface area contributed by atoms with Crippen molar-refractivity contribution in [1.29, 1.82) is 0 Å². The second kappa shape index (κ2) is 7.90. The van der Waals surface area contributed by atoms with Crippen LogP contribution in [0.25, 0.3) is 0 Å². The molecule has 7 nitrogen and oxygen atoms in total. The number of hydrogen-bond acceptors (Lipinski definition) is 6. The average molecular weight is 366 g/mol. The minimum atomic E-state index is -0.225. The maximum Gasteiger partial charge on any atom is 0.255 e. The van der Waals surface area contributed by atoms with E-state index in [1.165, 1.54) is 0 Å². The van der Waals surface area contributed by atoms with Gasteiger partial charge in [0.25, 0.3) is 5.91 Å². The minimum Gasteiger partial charge on any atom is -0.489 e. The molecule has 1 aromatic carbocycles. The van der Waals surface area contributed by atoms with Gasteiger partial charge in [0.2, 0.25) is 0 Å². The van der Waals surface area contributed by atoms with E-state index in [1.54, 1.807) is 24.4 Å². The van der Waals surface area contributed by atoms with E-state index in [0.29, 0.717) is 23.6 Å². The van der Waals surface area contributed by atoms with Gasteiger partial charge in [0, 0.05) is 19.7 Å². The number of aromatic nitrogens is 2. The number of benzene rings is 1. The second-order valence-electron chi connectivity index (χ2n) is 6.37. The van der Waals surface area contributed by atoms with Crippen molar-refractivity contribution in [3.8, 4) is 5.75 Å². The van der Waals surface area contributed by atoms with Gasteiger partial charge in [-0.25, -0.2) is 4.98 Å². The number of ether oxygens (including phenoxy) is 1. The van der Waals surface area contributed by atoms with E-state index in [0.717, 1.165) is 22.8 Å². The van der Waals surface area contributed by atoms with Crippen LogP contribution < -0.4 is 15.0 Å². The van der Waals surface area contributed by atoms with E-state index in [9.17, 15) is 4.79 Å². The Hall–Kier alpha value is -3.35. The third kappa shape index (κ3) is 4.44. The molecule has 1 amide bonds. The molecular formula is C20H22N4O3. The molecule has 2 aromatic heterocycles. The SMILES string of the molecule is Cc1noc(C)c1COc1cccc(C(=O)Nc2ccc(N(C)C)nc2)c1. The molecule has 0 saturated carbocycles. The first kappa shape index (κ1) is 18.4. The molecule has 0 unspecified atom stereocenters. The van der Waals surface area contributed by atoms with E-state index in [4.69, 9.17) is 9.26 Å². The van der Waals surface area contributed by atoms with Crippen molar-refractivity contribution in [1.82, 2.24) is 10.1 Å². The van der Waals surface area contributed by atoms with Gasteiger partial charge in [-0.3, -0.25) is 4.79 Å². The average Bonchev–Trinajstić information content (AvgIpc) is 2.98. The minimum absolute atomic E-state index is 0.225. The fourth-order valence-corrected chi connectivity index (χ4v) is 2.52. The molecule has 0 fully saturated rings. The zero-order valence-electron chi connectivity index (χ0n) is 15.8. The highest BCUT2D eigenvalue weighted by molar-refractivity contribution is 6.04. The highest BCUT2D eigenvalue weighted by atomic mass is 16.5. The van der Waals surface area contributed by atoms with E-state index in [-0.39, 0.29) is 5.91 Å². The predicted molar refractivity (Wildman–Crippen MR) is 103 cm³/mol. The summed E-state index contributed by atoms with van der Waals surface area (Å²) in [6, 6.07) is 10.7. The Morgan fingerprint density at radius 2 is 2.04 bits per heavy atom. The summed E-state index contributed by atoms with van der Waals surface area (Å²) in [5.74, 6) is 1.93. The Labute approximate surface area is 158 Å². The number of carbonyl (C=O) groups excluding carboxylic acids is 1. The van der Waals surface area contributed by atoms with E-state index in [1.807, 2.05) is 51.0 Å². The van der Waals surface area contributed by atoms with Gasteiger partial charge in [-0.05, 0) is 44.2 Å². The molecule has 0 aliphatic rings. The second-order valence-corrected chi connectivity index (χ2v) is 6.37. The highest BCUT2D eigenvalue weighted by Crippen LogP contribution is 2.19. The first-order valence-corrected chi connectivity index (χ1v) is 8.53. The van der Waals surface area contributed by atoms with Crippen LogP contribution in [0.5, 0.6) is 5.75 Å². The number of aryl methyl sites for hydroxylation is 2. The van der Waals surface area contributed by atoms with Crippen LogP contribution >= 0.6 is 0 Å². The predicted octanol–water partition coefficient (Wildman–Crippen LogP) is 3.58. The van der Waals surface area contributed by atoms with Crippen LogP contribution in [0.2, 0.25) is 0 Å². The maximum atomic E-state index is 12.5. The first-order valence-electron chi connectivity index (χ1n) is 8.53. The molecule has 3 aromatic rings. The number of anilines is 2. The van der Waals surface area contributed by atoms with Gasteiger partial charge in [-0.15, -0.1) is 0 Å². The molecule has 0 aliphatic carbocycles. The number of carbonyl (C=O) groups is 1. The van der Waals surface area contributed by atoms with Crippen LogP contribution in [0.1, 0.15) is 27.4 Å². The van der Waals surface area contributed by atoms with Crippen LogP contribution in [0.4, 0.5) is 11.5 Å². The summed E-state index contributed by atoms with van der Waals surface area (Å²) >= 11 is 0. The van der Waals surface area contributed by atoms with Crippen molar-refractivity contribution in [3.05, 3.63) is 65.2 Å². The summed E-state index contributed by atoms with van der Waals surface area (Å²) in [7, 11) is 3.82. The fraction of sp³-hybridized carbons (Fsp3) is 0.250. The number of amides is 1. The van der Waals surface area contributed by atoms with Crippen molar-refractivity contribution < 1.29 is 14.1 Å². The third-order valence-electron chi connectivity index (χ3n) is 4.12. The summed E-state index contributed by atoms with van der Waals surface area (Å²) in [6.07, 6.45) is 1.63. The molecule has 140 valence electrons. The van der Waals surface area contributed by atoms with Gasteiger partial charge in [-0.2, -0.15) is 0 Å². The number of pyridine rings is 1. The zero-order chi connectivity index (χ0) is 19.4. The number of nitrogens with zero attached hydrogens (tertiary/aromatic N) is 3. The molecular weight excluding hydrogens is 344 g/mol. The van der Waals surface area contributed by atoms with Crippen molar-refractivity contribution in [3.63, 3.8) is 0 Å². The lowest BCUT2D eigenvalue weighted by molar-refractivity contribution is 0.102. The Kier molecular flexibility index (Phi) is 5.40. The first-order chi connectivity index (χ1) is 12.9. The molecule has 3 rings (SSSR count). The smallest absolute Gasteiger partial charge is 0.255 e. The number of rotatable bonds is 6. The zero-order valence-corrected chi connectivity index (χ0v) is 15.8. The lowest BCUT2D eigenvalue weighted by Gasteiger charge is -2.12. The maximum absolute atomic E-state index is 12.5.